The second-order valence-electron chi connectivity index (χ2n) is 7.56. The van der Waals surface area contributed by atoms with E-state index in [9.17, 15) is 14.9 Å². The molecule has 0 atom stereocenters. The number of thioether (sulfide) groups is 1. The average molecular weight is 475 g/mol. The molecule has 0 fully saturated rings. The third-order valence-electron chi connectivity index (χ3n) is 4.96. The normalized spacial score (nSPS) is 10.6. The molecule has 10 heteroatoms. The topological polar surface area (TPSA) is 106 Å². The molecule has 0 radical (unpaired) electrons. The highest BCUT2D eigenvalue weighted by Crippen LogP contribution is 2.29. The number of carbonyl (C=O) groups excluding carboxylic acids is 1. The van der Waals surface area contributed by atoms with Gasteiger partial charge in [-0.2, -0.15) is 0 Å². The van der Waals surface area contributed by atoms with Gasteiger partial charge in [0.25, 0.3) is 5.69 Å². The molecule has 4 aromatic rings. The van der Waals surface area contributed by atoms with Crippen LogP contribution < -0.4 is 10.2 Å². The van der Waals surface area contributed by atoms with Gasteiger partial charge in [0.05, 0.1) is 10.7 Å². The van der Waals surface area contributed by atoms with Crippen molar-refractivity contribution in [1.29, 1.82) is 0 Å². The summed E-state index contributed by atoms with van der Waals surface area (Å²) in [4.78, 5) is 25.3. The monoisotopic (exact) mass is 474 g/mol. The van der Waals surface area contributed by atoms with Crippen LogP contribution in [-0.2, 0) is 4.79 Å². The summed E-state index contributed by atoms with van der Waals surface area (Å²) >= 11 is 1.24. The number of hydrogen-bond acceptors (Lipinski definition) is 7. The zero-order valence-corrected chi connectivity index (χ0v) is 19.4. The maximum atomic E-state index is 12.6. The Hall–Kier alpha value is -4.18. The van der Waals surface area contributed by atoms with Gasteiger partial charge in [-0.15, -0.1) is 10.2 Å². The summed E-state index contributed by atoms with van der Waals surface area (Å²) in [6.45, 7) is 0. The molecule has 9 nitrogen and oxygen atoms in total. The summed E-state index contributed by atoms with van der Waals surface area (Å²) in [5.74, 6) is 0.397. The molecule has 0 aliphatic heterocycles. The lowest BCUT2D eigenvalue weighted by atomic mass is 10.2. The molecule has 3 aromatic carbocycles. The number of aromatic nitrogens is 3. The Balaban J connectivity index is 1.57. The van der Waals surface area contributed by atoms with Crippen LogP contribution >= 0.6 is 11.8 Å². The first-order valence-corrected chi connectivity index (χ1v) is 11.4. The van der Waals surface area contributed by atoms with Gasteiger partial charge in [-0.3, -0.25) is 19.5 Å². The number of non-ortho nitro benzene ring substituents is 1. The van der Waals surface area contributed by atoms with Gasteiger partial charge < -0.3 is 10.2 Å². The molecule has 0 spiro atoms. The molecule has 0 aliphatic carbocycles. The fourth-order valence-corrected chi connectivity index (χ4v) is 4.04. The Morgan fingerprint density at radius 3 is 2.44 bits per heavy atom. The van der Waals surface area contributed by atoms with Gasteiger partial charge in [-0.05, 0) is 36.4 Å². The fourth-order valence-electron chi connectivity index (χ4n) is 3.29. The zero-order chi connectivity index (χ0) is 24.1. The summed E-state index contributed by atoms with van der Waals surface area (Å²) in [6.07, 6.45) is 0. The maximum Gasteiger partial charge on any atom is 0.270 e. The third-order valence-corrected chi connectivity index (χ3v) is 5.89. The van der Waals surface area contributed by atoms with E-state index in [4.69, 9.17) is 0 Å². The number of rotatable bonds is 8. The zero-order valence-electron chi connectivity index (χ0n) is 18.6. The lowest BCUT2D eigenvalue weighted by Crippen LogP contribution is -2.15. The van der Waals surface area contributed by atoms with Crippen LogP contribution in [0.5, 0.6) is 0 Å². The molecule has 1 heterocycles. The smallest absolute Gasteiger partial charge is 0.270 e. The minimum Gasteiger partial charge on any atom is -0.378 e. The standard InChI is InChI=1S/C24H22N6O3S/c1-28(2)19-13-11-18(12-14-19)25-22(31)16-34-24-27-26-23(29(24)20-8-4-3-5-9-20)17-7-6-10-21(15-17)30(32)33/h3-15H,16H2,1-2H3,(H,25,31). The number of carbonyl (C=O) groups is 1. The van der Waals surface area contributed by atoms with E-state index < -0.39 is 4.92 Å². The minimum atomic E-state index is -0.447. The van der Waals surface area contributed by atoms with Crippen molar-refractivity contribution >= 4 is 34.7 Å². The van der Waals surface area contributed by atoms with Crippen LogP contribution in [-0.4, -0.2) is 45.4 Å². The van der Waals surface area contributed by atoms with Crippen LogP contribution in [0.15, 0.2) is 84.0 Å². The maximum absolute atomic E-state index is 12.6. The van der Waals surface area contributed by atoms with Gasteiger partial charge in [0.15, 0.2) is 11.0 Å². The van der Waals surface area contributed by atoms with Crippen LogP contribution in [0.25, 0.3) is 17.1 Å². The van der Waals surface area contributed by atoms with Gasteiger partial charge in [0.2, 0.25) is 5.91 Å². The van der Waals surface area contributed by atoms with Crippen LogP contribution in [0, 0.1) is 10.1 Å². The van der Waals surface area contributed by atoms with Crippen molar-refractivity contribution in [2.75, 3.05) is 30.1 Å². The second-order valence-corrected chi connectivity index (χ2v) is 8.51. The largest absolute Gasteiger partial charge is 0.378 e. The highest BCUT2D eigenvalue weighted by molar-refractivity contribution is 7.99. The van der Waals surface area contributed by atoms with E-state index in [2.05, 4.69) is 15.5 Å². The average Bonchev–Trinajstić information content (AvgIpc) is 3.28. The SMILES string of the molecule is CN(C)c1ccc(NC(=O)CSc2nnc(-c3cccc([N+](=O)[O-])c3)n2-c2ccccc2)cc1. The van der Waals surface area contributed by atoms with Gasteiger partial charge in [-0.25, -0.2) is 0 Å². The number of nitrogens with zero attached hydrogens (tertiary/aromatic N) is 5. The molecule has 34 heavy (non-hydrogen) atoms. The summed E-state index contributed by atoms with van der Waals surface area (Å²) in [5, 5.41) is 23.2. The number of anilines is 2. The summed E-state index contributed by atoms with van der Waals surface area (Å²) in [6, 6.07) is 23.2. The van der Waals surface area contributed by atoms with Crippen LogP contribution in [0.2, 0.25) is 0 Å². The van der Waals surface area contributed by atoms with Crippen LogP contribution in [0.1, 0.15) is 0 Å². The van der Waals surface area contributed by atoms with Crippen molar-refractivity contribution in [3.05, 3.63) is 89.0 Å². The number of amides is 1. The Labute approximate surface area is 200 Å². The van der Waals surface area contributed by atoms with E-state index in [1.165, 1.54) is 23.9 Å². The van der Waals surface area contributed by atoms with E-state index in [0.717, 1.165) is 11.4 Å². The Bertz CT molecular complexity index is 1310. The molecular weight excluding hydrogens is 452 g/mol. The quantitative estimate of drug-likeness (QED) is 0.225. The van der Waals surface area contributed by atoms with E-state index in [1.54, 1.807) is 16.7 Å². The molecule has 0 bridgehead atoms. The number of nitro groups is 1. The van der Waals surface area contributed by atoms with E-state index in [1.807, 2.05) is 73.6 Å². The molecule has 0 unspecified atom stereocenters. The number of hydrogen-bond donors (Lipinski definition) is 1. The fraction of sp³-hybridized carbons (Fsp3) is 0.125. The molecule has 0 aliphatic rings. The lowest BCUT2D eigenvalue weighted by molar-refractivity contribution is -0.384. The highest BCUT2D eigenvalue weighted by atomic mass is 32.2. The molecule has 1 amide bonds. The van der Waals surface area contributed by atoms with Crippen LogP contribution in [0.3, 0.4) is 0 Å². The van der Waals surface area contributed by atoms with Crippen molar-refractivity contribution < 1.29 is 9.72 Å². The summed E-state index contributed by atoms with van der Waals surface area (Å²) in [7, 11) is 3.91. The molecule has 1 aromatic heterocycles. The highest BCUT2D eigenvalue weighted by Gasteiger charge is 2.19. The van der Waals surface area contributed by atoms with E-state index in [-0.39, 0.29) is 17.3 Å². The lowest BCUT2D eigenvalue weighted by Gasteiger charge is -2.13. The summed E-state index contributed by atoms with van der Waals surface area (Å²) < 4.78 is 1.79. The van der Waals surface area contributed by atoms with Crippen molar-refractivity contribution in [3.63, 3.8) is 0 Å². The number of nitro benzene ring substituents is 1. The molecule has 1 N–H and O–H groups in total. The van der Waals surface area contributed by atoms with Crippen LogP contribution in [0.4, 0.5) is 17.1 Å². The van der Waals surface area contributed by atoms with Crippen molar-refractivity contribution in [2.24, 2.45) is 0 Å². The second kappa shape index (κ2) is 10.2. The summed E-state index contributed by atoms with van der Waals surface area (Å²) in [5.41, 5.74) is 3.06. The first-order chi connectivity index (χ1) is 16.4. The van der Waals surface area contributed by atoms with Gasteiger partial charge in [0.1, 0.15) is 0 Å². The predicted molar refractivity (Wildman–Crippen MR) is 134 cm³/mol. The number of para-hydroxylation sites is 1. The van der Waals surface area contributed by atoms with Gasteiger partial charge in [-0.1, -0.05) is 42.1 Å². The first kappa shape index (κ1) is 23.0. The third kappa shape index (κ3) is 5.24. The molecule has 0 saturated heterocycles. The molecule has 0 saturated carbocycles. The van der Waals surface area contributed by atoms with E-state index in [0.29, 0.717) is 22.2 Å². The van der Waals surface area contributed by atoms with Gasteiger partial charge >= 0.3 is 0 Å². The Morgan fingerprint density at radius 2 is 1.76 bits per heavy atom. The van der Waals surface area contributed by atoms with Crippen molar-refractivity contribution in [3.8, 4) is 17.1 Å². The number of benzene rings is 3. The Kier molecular flexibility index (Phi) is 6.88. The molecule has 172 valence electrons. The first-order valence-electron chi connectivity index (χ1n) is 10.4. The van der Waals surface area contributed by atoms with Crippen molar-refractivity contribution in [2.45, 2.75) is 5.16 Å². The Morgan fingerprint density at radius 1 is 1.03 bits per heavy atom. The number of nitrogens with one attached hydrogen (secondary N) is 1. The van der Waals surface area contributed by atoms with E-state index >= 15 is 0 Å². The predicted octanol–water partition coefficient (Wildman–Crippen LogP) is 4.64. The molecule has 4 rings (SSSR count). The minimum absolute atomic E-state index is 0.0334. The van der Waals surface area contributed by atoms with Gasteiger partial charge in [0, 0.05) is 48.9 Å². The molecular formula is C24H22N6O3S. The van der Waals surface area contributed by atoms with Crippen molar-refractivity contribution in [1.82, 2.24) is 14.8 Å².